The zero-order valence-corrected chi connectivity index (χ0v) is 22.8. The lowest BCUT2D eigenvalue weighted by atomic mass is 9.32. The summed E-state index contributed by atoms with van der Waals surface area (Å²) in [5, 5.41) is 46.7. The summed E-state index contributed by atoms with van der Waals surface area (Å²) in [5.41, 5.74) is -1.57. The quantitative estimate of drug-likeness (QED) is 0.388. The molecule has 0 aromatic carbocycles. The smallest absolute Gasteiger partial charge is 0.128 e. The van der Waals surface area contributed by atoms with Gasteiger partial charge in [0.25, 0.3) is 0 Å². The summed E-state index contributed by atoms with van der Waals surface area (Å²) in [4.78, 5) is 12.4. The number of aldehydes is 1. The van der Waals surface area contributed by atoms with Gasteiger partial charge in [-0.1, -0.05) is 48.5 Å². The van der Waals surface area contributed by atoms with E-state index in [1.165, 1.54) is 0 Å². The summed E-state index contributed by atoms with van der Waals surface area (Å²) in [6.07, 6.45) is 4.21. The molecule has 13 atom stereocenters. The standard InChI is InChI=1S/C30H48O5/c1-16-8-11-26(3)14-20(33)30(7)22(21(26)17(16)2)23(34)24(35)25-27(4)12-10-19(32)28(5,15-31)18(27)9-13-29(25,30)6/h15-21,24-25,32-35H,8-14H2,1-7H3/t16-,17+,18-,19+,20+,21+,24-,25-,26-,27+,28-,29-,30-/m1/s1. The Morgan fingerprint density at radius 1 is 0.886 bits per heavy atom. The summed E-state index contributed by atoms with van der Waals surface area (Å²) in [5.74, 6) is 0.723. The fraction of sp³-hybridized carbons (Fsp3) is 0.900. The molecule has 35 heavy (non-hydrogen) atoms. The van der Waals surface area contributed by atoms with Crippen molar-refractivity contribution in [1.29, 1.82) is 0 Å². The normalized spacial score (nSPS) is 60.2. The number of hydrogen-bond donors (Lipinski definition) is 4. The summed E-state index contributed by atoms with van der Waals surface area (Å²) >= 11 is 0. The highest BCUT2D eigenvalue weighted by atomic mass is 16.3. The first-order valence-corrected chi connectivity index (χ1v) is 14.1. The molecule has 0 aliphatic heterocycles. The van der Waals surface area contributed by atoms with E-state index in [4.69, 9.17) is 0 Å². The number of fused-ring (bicyclic) bond motifs is 7. The molecule has 0 unspecified atom stereocenters. The highest BCUT2D eigenvalue weighted by molar-refractivity contribution is 5.61. The van der Waals surface area contributed by atoms with E-state index < -0.39 is 40.0 Å². The lowest BCUT2D eigenvalue weighted by Crippen LogP contribution is -2.71. The zero-order valence-electron chi connectivity index (χ0n) is 22.8. The number of carbonyl (C=O) groups excluding carboxylic acids is 1. The van der Waals surface area contributed by atoms with E-state index in [-0.39, 0.29) is 28.9 Å². The van der Waals surface area contributed by atoms with E-state index in [1.54, 1.807) is 0 Å². The number of rotatable bonds is 1. The second-order valence-electron chi connectivity index (χ2n) is 14.7. The molecular weight excluding hydrogens is 440 g/mol. The van der Waals surface area contributed by atoms with Crippen LogP contribution in [0.25, 0.3) is 0 Å². The fourth-order valence-corrected chi connectivity index (χ4v) is 11.0. The van der Waals surface area contributed by atoms with Crippen LogP contribution in [-0.4, -0.2) is 45.0 Å². The van der Waals surface area contributed by atoms with Gasteiger partial charge in [0.05, 0.1) is 17.6 Å². The molecule has 0 aromatic heterocycles. The van der Waals surface area contributed by atoms with Crippen molar-refractivity contribution in [2.75, 3.05) is 0 Å². The van der Waals surface area contributed by atoms with Gasteiger partial charge < -0.3 is 25.2 Å². The molecule has 5 rings (SSSR count). The van der Waals surface area contributed by atoms with Gasteiger partial charge in [0.15, 0.2) is 0 Å². The van der Waals surface area contributed by atoms with E-state index in [2.05, 4.69) is 41.5 Å². The predicted molar refractivity (Wildman–Crippen MR) is 135 cm³/mol. The molecule has 5 nitrogen and oxygen atoms in total. The van der Waals surface area contributed by atoms with Gasteiger partial charge in [-0.2, -0.15) is 0 Å². The second-order valence-corrected chi connectivity index (χ2v) is 14.7. The molecule has 0 heterocycles. The maximum absolute atomic E-state index is 12.4. The molecule has 4 saturated carbocycles. The maximum Gasteiger partial charge on any atom is 0.128 e. The van der Waals surface area contributed by atoms with E-state index in [9.17, 15) is 25.2 Å². The van der Waals surface area contributed by atoms with Gasteiger partial charge in [0.2, 0.25) is 0 Å². The third-order valence-electron chi connectivity index (χ3n) is 13.4. The number of carbonyl (C=O) groups is 1. The molecule has 198 valence electrons. The fourth-order valence-electron chi connectivity index (χ4n) is 11.0. The summed E-state index contributed by atoms with van der Waals surface area (Å²) in [6.45, 7) is 15.3. The van der Waals surface area contributed by atoms with Gasteiger partial charge in [-0.25, -0.2) is 0 Å². The van der Waals surface area contributed by atoms with Crippen LogP contribution in [0.15, 0.2) is 11.3 Å². The minimum atomic E-state index is -1.03. The Morgan fingerprint density at radius 3 is 2.17 bits per heavy atom. The Labute approximate surface area is 211 Å². The lowest BCUT2D eigenvalue weighted by Gasteiger charge is -2.72. The molecule has 0 radical (unpaired) electrons. The molecule has 5 heteroatoms. The average molecular weight is 489 g/mol. The number of hydrogen-bond acceptors (Lipinski definition) is 5. The van der Waals surface area contributed by atoms with Crippen molar-refractivity contribution in [3.8, 4) is 0 Å². The van der Waals surface area contributed by atoms with Crippen LogP contribution in [0.2, 0.25) is 0 Å². The Morgan fingerprint density at radius 2 is 1.54 bits per heavy atom. The first-order chi connectivity index (χ1) is 16.1. The third kappa shape index (κ3) is 2.84. The second kappa shape index (κ2) is 7.57. The van der Waals surface area contributed by atoms with E-state index in [1.807, 2.05) is 6.92 Å². The maximum atomic E-state index is 12.4. The van der Waals surface area contributed by atoms with Crippen molar-refractivity contribution in [3.63, 3.8) is 0 Å². The van der Waals surface area contributed by atoms with Crippen LogP contribution in [0.1, 0.15) is 93.4 Å². The monoisotopic (exact) mass is 488 g/mol. The SMILES string of the molecule is C[C@H]1[C@H](C)CC[C@]2(C)C[C@H](O)[C@]3(C)C(=C(O)[C@@H](O)[C@@H]4[C@@]5(C)CC[C@H](O)[C@](C)(C=O)[C@@H]5CC[C@]43C)[C@H]12. The first kappa shape index (κ1) is 25.7. The molecule has 0 bridgehead atoms. The van der Waals surface area contributed by atoms with Crippen LogP contribution < -0.4 is 0 Å². The summed E-state index contributed by atoms with van der Waals surface area (Å²) < 4.78 is 0. The van der Waals surface area contributed by atoms with Crippen LogP contribution in [0.4, 0.5) is 0 Å². The van der Waals surface area contributed by atoms with Crippen molar-refractivity contribution in [2.45, 2.75) is 112 Å². The first-order valence-electron chi connectivity index (χ1n) is 14.1. The molecule has 5 aliphatic rings. The average Bonchev–Trinajstić information content (AvgIpc) is 2.79. The highest BCUT2D eigenvalue weighted by Crippen LogP contribution is 2.76. The Kier molecular flexibility index (Phi) is 5.56. The van der Waals surface area contributed by atoms with Crippen molar-refractivity contribution < 1.29 is 25.2 Å². The molecule has 5 aliphatic carbocycles. The molecule has 0 saturated heterocycles. The Hall–Kier alpha value is -0.910. The minimum Gasteiger partial charge on any atom is -0.510 e. The predicted octanol–water partition coefficient (Wildman–Crippen LogP) is 5.03. The topological polar surface area (TPSA) is 98.0 Å². The van der Waals surface area contributed by atoms with Gasteiger partial charge in [-0.05, 0) is 90.4 Å². The molecule has 4 N–H and O–H groups in total. The van der Waals surface area contributed by atoms with Gasteiger partial charge in [-0.3, -0.25) is 0 Å². The lowest BCUT2D eigenvalue weighted by molar-refractivity contribution is -0.249. The molecular formula is C30H48O5. The molecule has 0 amide bonds. The van der Waals surface area contributed by atoms with Crippen molar-refractivity contribution in [3.05, 3.63) is 11.3 Å². The van der Waals surface area contributed by atoms with Crippen molar-refractivity contribution in [2.24, 2.45) is 56.7 Å². The zero-order chi connectivity index (χ0) is 25.9. The number of aliphatic hydroxyl groups excluding tert-OH is 4. The molecule has 0 aromatic rings. The summed E-state index contributed by atoms with van der Waals surface area (Å²) in [6, 6.07) is 0. The minimum absolute atomic E-state index is 0.0819. The van der Waals surface area contributed by atoms with E-state index in [0.29, 0.717) is 31.1 Å². The van der Waals surface area contributed by atoms with Crippen LogP contribution in [-0.2, 0) is 4.79 Å². The van der Waals surface area contributed by atoms with Gasteiger partial charge >= 0.3 is 0 Å². The van der Waals surface area contributed by atoms with Gasteiger partial charge in [0, 0.05) is 11.3 Å². The molecule has 4 fully saturated rings. The molecule has 0 spiro atoms. The number of aliphatic hydroxyl groups is 4. The highest BCUT2D eigenvalue weighted by Gasteiger charge is 2.74. The third-order valence-corrected chi connectivity index (χ3v) is 13.4. The van der Waals surface area contributed by atoms with E-state index in [0.717, 1.165) is 37.5 Å². The van der Waals surface area contributed by atoms with Crippen LogP contribution in [0, 0.1) is 56.7 Å². The summed E-state index contributed by atoms with van der Waals surface area (Å²) in [7, 11) is 0. The van der Waals surface area contributed by atoms with Gasteiger partial charge in [0.1, 0.15) is 18.1 Å². The van der Waals surface area contributed by atoms with Crippen molar-refractivity contribution >= 4 is 6.29 Å². The van der Waals surface area contributed by atoms with Gasteiger partial charge in [-0.15, -0.1) is 0 Å². The largest absolute Gasteiger partial charge is 0.510 e. The Balaban J connectivity index is 1.72. The van der Waals surface area contributed by atoms with Crippen molar-refractivity contribution in [1.82, 2.24) is 0 Å². The Bertz CT molecular complexity index is 945. The van der Waals surface area contributed by atoms with Crippen LogP contribution in [0.3, 0.4) is 0 Å². The van der Waals surface area contributed by atoms with Crippen LogP contribution in [0.5, 0.6) is 0 Å². The van der Waals surface area contributed by atoms with E-state index >= 15 is 0 Å². The van der Waals surface area contributed by atoms with Crippen LogP contribution >= 0.6 is 0 Å².